The van der Waals surface area contributed by atoms with Gasteiger partial charge in [-0.15, -0.1) is 0 Å². The van der Waals surface area contributed by atoms with E-state index in [1.54, 1.807) is 18.1 Å². The third kappa shape index (κ3) is 9.73. The van der Waals surface area contributed by atoms with Crippen LogP contribution in [0.25, 0.3) is 0 Å². The molecule has 1 heterocycles. The van der Waals surface area contributed by atoms with Crippen molar-refractivity contribution in [3.8, 4) is 0 Å². The highest BCUT2D eigenvalue weighted by atomic mass is 32.2. The monoisotopic (exact) mass is 282 g/mol. The molecule has 0 aromatic carbocycles. The summed E-state index contributed by atoms with van der Waals surface area (Å²) >= 11 is 1.75. The fourth-order valence-corrected chi connectivity index (χ4v) is 2.57. The van der Waals surface area contributed by atoms with Crippen LogP contribution in [0.4, 0.5) is 0 Å². The molecule has 0 atom stereocenters. The minimum Gasteiger partial charge on any atom is -0.330 e. The van der Waals surface area contributed by atoms with Gasteiger partial charge in [0, 0.05) is 5.75 Å². The van der Waals surface area contributed by atoms with Crippen molar-refractivity contribution in [2.45, 2.75) is 56.5 Å². The molecular weight excluding hydrogens is 256 g/mol. The second kappa shape index (κ2) is 12.2. The van der Waals surface area contributed by atoms with Crippen molar-refractivity contribution < 1.29 is 0 Å². The number of aromatic nitrogens is 3. The Morgan fingerprint density at radius 2 is 1.79 bits per heavy atom. The van der Waals surface area contributed by atoms with Gasteiger partial charge in [-0.05, 0) is 45.1 Å². The molecule has 5 heteroatoms. The maximum atomic E-state index is 5.44. The lowest BCUT2D eigenvalue weighted by molar-refractivity contribution is 0.676. The molecule has 0 fully saturated rings. The van der Waals surface area contributed by atoms with Crippen molar-refractivity contribution in [1.29, 1.82) is 0 Å². The smallest absolute Gasteiger partial charge is 0.183 e. The largest absolute Gasteiger partial charge is 0.330 e. The minimum atomic E-state index is 0.819. The van der Waals surface area contributed by atoms with Gasteiger partial charge in [-0.1, -0.05) is 36.8 Å². The van der Waals surface area contributed by atoms with Crippen LogP contribution < -0.4 is 5.73 Å². The summed E-state index contributed by atoms with van der Waals surface area (Å²) in [6.45, 7) is 0.819. The van der Waals surface area contributed by atoms with Crippen molar-refractivity contribution in [3.63, 3.8) is 0 Å². The zero-order valence-corrected chi connectivity index (χ0v) is 12.5. The number of nitrogens with two attached hydrogens (primary N) is 1. The van der Waals surface area contributed by atoms with Gasteiger partial charge in [-0.25, -0.2) is 4.98 Å². The summed E-state index contributed by atoms with van der Waals surface area (Å²) in [7, 11) is 0. The van der Waals surface area contributed by atoms with Gasteiger partial charge in [0.2, 0.25) is 0 Å². The average molecular weight is 282 g/mol. The molecule has 0 aliphatic carbocycles. The van der Waals surface area contributed by atoms with E-state index in [1.165, 1.54) is 44.9 Å². The summed E-state index contributed by atoms with van der Waals surface area (Å²) in [5, 5.41) is 7.62. The van der Waals surface area contributed by atoms with E-state index in [9.17, 15) is 0 Å². The number of H-pyrrole nitrogens is 1. The second-order valence-corrected chi connectivity index (χ2v) is 5.68. The highest BCUT2D eigenvalue weighted by Gasteiger charge is 1.95. The van der Waals surface area contributed by atoms with Crippen LogP contribution in [0.15, 0.2) is 23.6 Å². The lowest BCUT2D eigenvalue weighted by atomic mass is 10.1. The van der Waals surface area contributed by atoms with Crippen LogP contribution >= 0.6 is 11.8 Å². The van der Waals surface area contributed by atoms with E-state index in [2.05, 4.69) is 27.3 Å². The predicted octanol–water partition coefficient (Wildman–Crippen LogP) is 3.53. The Hall–Kier alpha value is -0.810. The lowest BCUT2D eigenvalue weighted by Gasteiger charge is -1.99. The topological polar surface area (TPSA) is 67.6 Å². The van der Waals surface area contributed by atoms with Crippen molar-refractivity contribution >= 4 is 11.8 Å². The highest BCUT2D eigenvalue weighted by Crippen LogP contribution is 2.14. The Morgan fingerprint density at radius 3 is 2.47 bits per heavy atom. The maximum Gasteiger partial charge on any atom is 0.183 e. The van der Waals surface area contributed by atoms with E-state index in [0.29, 0.717) is 0 Å². The summed E-state index contributed by atoms with van der Waals surface area (Å²) in [4.78, 5) is 4.08. The Morgan fingerprint density at radius 1 is 1.05 bits per heavy atom. The molecule has 4 nitrogen and oxygen atoms in total. The molecule has 1 aromatic rings. The normalized spacial score (nSPS) is 11.4. The van der Waals surface area contributed by atoms with Gasteiger partial charge in [0.15, 0.2) is 5.16 Å². The molecule has 0 aliphatic heterocycles. The van der Waals surface area contributed by atoms with E-state index in [0.717, 1.165) is 23.9 Å². The van der Waals surface area contributed by atoms with Gasteiger partial charge in [0.1, 0.15) is 6.33 Å². The quantitative estimate of drug-likeness (QED) is 0.349. The number of unbranched alkanes of at least 4 members (excludes halogenated alkanes) is 6. The molecule has 0 unspecified atom stereocenters. The number of thioether (sulfide) groups is 1. The fourth-order valence-electron chi connectivity index (χ4n) is 1.79. The van der Waals surface area contributed by atoms with E-state index >= 15 is 0 Å². The zero-order chi connectivity index (χ0) is 13.6. The van der Waals surface area contributed by atoms with Gasteiger partial charge < -0.3 is 5.73 Å². The first-order valence-electron chi connectivity index (χ1n) is 7.26. The number of hydrogen-bond acceptors (Lipinski definition) is 4. The van der Waals surface area contributed by atoms with Crippen LogP contribution in [0.1, 0.15) is 51.4 Å². The van der Waals surface area contributed by atoms with Crippen LogP contribution in [0.2, 0.25) is 0 Å². The van der Waals surface area contributed by atoms with E-state index in [1.807, 2.05) is 0 Å². The molecule has 0 saturated heterocycles. The third-order valence-corrected chi connectivity index (χ3v) is 3.85. The zero-order valence-electron chi connectivity index (χ0n) is 11.7. The van der Waals surface area contributed by atoms with Gasteiger partial charge in [-0.3, -0.25) is 5.10 Å². The standard InChI is InChI=1S/C14H26N4S/c15-11-9-7-5-3-1-2-4-6-8-10-12-19-14-16-13-17-18-14/h1,3,13H,2,4-12,15H2,(H,16,17,18)/b3-1-. The summed E-state index contributed by atoms with van der Waals surface area (Å²) < 4.78 is 0. The summed E-state index contributed by atoms with van der Waals surface area (Å²) in [5.41, 5.74) is 5.44. The first kappa shape index (κ1) is 16.2. The lowest BCUT2D eigenvalue weighted by Crippen LogP contribution is -1.96. The molecule has 108 valence electrons. The van der Waals surface area contributed by atoms with Crippen LogP contribution in [0.3, 0.4) is 0 Å². The molecule has 1 rings (SSSR count). The molecule has 0 saturated carbocycles. The van der Waals surface area contributed by atoms with Crippen molar-refractivity contribution in [2.24, 2.45) is 5.73 Å². The maximum absolute atomic E-state index is 5.44. The van der Waals surface area contributed by atoms with Crippen LogP contribution in [-0.4, -0.2) is 27.5 Å². The van der Waals surface area contributed by atoms with E-state index in [-0.39, 0.29) is 0 Å². The van der Waals surface area contributed by atoms with Gasteiger partial charge in [0.05, 0.1) is 0 Å². The number of nitrogens with one attached hydrogen (secondary N) is 1. The highest BCUT2D eigenvalue weighted by molar-refractivity contribution is 7.99. The number of hydrogen-bond donors (Lipinski definition) is 2. The third-order valence-electron chi connectivity index (χ3n) is 2.89. The van der Waals surface area contributed by atoms with Crippen LogP contribution in [-0.2, 0) is 0 Å². The van der Waals surface area contributed by atoms with E-state index < -0.39 is 0 Å². The molecule has 0 aliphatic rings. The molecule has 1 aromatic heterocycles. The molecule has 19 heavy (non-hydrogen) atoms. The fraction of sp³-hybridized carbons (Fsp3) is 0.714. The second-order valence-electron chi connectivity index (χ2n) is 4.60. The molecule has 0 bridgehead atoms. The molecule has 3 N–H and O–H groups in total. The van der Waals surface area contributed by atoms with Crippen LogP contribution in [0, 0.1) is 0 Å². The Balaban J connectivity index is 1.78. The van der Waals surface area contributed by atoms with Gasteiger partial charge >= 0.3 is 0 Å². The van der Waals surface area contributed by atoms with Crippen molar-refractivity contribution in [3.05, 3.63) is 18.5 Å². The number of allylic oxidation sites excluding steroid dienone is 2. The van der Waals surface area contributed by atoms with Crippen molar-refractivity contribution in [2.75, 3.05) is 12.3 Å². The first-order chi connectivity index (χ1) is 9.43. The summed E-state index contributed by atoms with van der Waals surface area (Å²) in [6, 6.07) is 0. The average Bonchev–Trinajstić information content (AvgIpc) is 2.93. The van der Waals surface area contributed by atoms with Crippen molar-refractivity contribution in [1.82, 2.24) is 15.2 Å². The molecule has 0 radical (unpaired) electrons. The molecule has 0 amide bonds. The number of nitrogens with zero attached hydrogens (tertiary/aromatic N) is 2. The Kier molecular flexibility index (Phi) is 10.5. The minimum absolute atomic E-state index is 0.819. The SMILES string of the molecule is NCCCC/C=C\CCCCCCSc1ncn[nH]1. The predicted molar refractivity (Wildman–Crippen MR) is 82.2 cm³/mol. The van der Waals surface area contributed by atoms with Gasteiger partial charge in [0.25, 0.3) is 0 Å². The van der Waals surface area contributed by atoms with E-state index in [4.69, 9.17) is 5.73 Å². The number of aromatic amines is 1. The van der Waals surface area contributed by atoms with Crippen LogP contribution in [0.5, 0.6) is 0 Å². The summed E-state index contributed by atoms with van der Waals surface area (Å²) in [5.74, 6) is 1.13. The Labute approximate surface area is 120 Å². The Bertz CT molecular complexity index is 311. The molecular formula is C14H26N4S. The first-order valence-corrected chi connectivity index (χ1v) is 8.25. The number of rotatable bonds is 12. The summed E-state index contributed by atoms with van der Waals surface area (Å²) in [6.07, 6.45) is 16.2. The van der Waals surface area contributed by atoms with Gasteiger partial charge in [-0.2, -0.15) is 5.10 Å². The molecule has 0 spiro atoms.